The minimum Gasteiger partial charge on any atom is -0.373 e. The zero-order valence-corrected chi connectivity index (χ0v) is 11.6. The third-order valence-electron chi connectivity index (χ3n) is 2.80. The van der Waals surface area contributed by atoms with Crippen molar-refractivity contribution in [2.75, 3.05) is 12.4 Å². The van der Waals surface area contributed by atoms with E-state index < -0.39 is 0 Å². The molecule has 3 aromatic rings. The van der Waals surface area contributed by atoms with Gasteiger partial charge in [0.1, 0.15) is 17.5 Å². The summed E-state index contributed by atoms with van der Waals surface area (Å²) >= 11 is 3.13. The first kappa shape index (κ1) is 12.1. The van der Waals surface area contributed by atoms with Crippen molar-refractivity contribution in [1.82, 2.24) is 15.0 Å². The number of nitrogens with zero attached hydrogens (tertiary/aromatic N) is 2. The third-order valence-corrected chi connectivity index (χ3v) is 3.44. The van der Waals surface area contributed by atoms with E-state index >= 15 is 0 Å². The lowest BCUT2D eigenvalue weighted by atomic mass is 10.2. The molecule has 2 heterocycles. The van der Waals surface area contributed by atoms with Gasteiger partial charge < -0.3 is 10.3 Å². The second kappa shape index (κ2) is 4.62. The Hall–Kier alpha value is -1.95. The van der Waals surface area contributed by atoms with E-state index in [-0.39, 0.29) is 5.82 Å². The number of aromatic amines is 1. The van der Waals surface area contributed by atoms with Crippen LogP contribution < -0.4 is 5.32 Å². The van der Waals surface area contributed by atoms with Gasteiger partial charge in [-0.15, -0.1) is 0 Å². The van der Waals surface area contributed by atoms with Crippen molar-refractivity contribution < 1.29 is 4.39 Å². The molecular weight excluding hydrogens is 311 g/mol. The summed E-state index contributed by atoms with van der Waals surface area (Å²) in [6.07, 6.45) is 0. The average molecular weight is 321 g/mol. The van der Waals surface area contributed by atoms with Crippen molar-refractivity contribution in [3.63, 3.8) is 0 Å². The van der Waals surface area contributed by atoms with Gasteiger partial charge in [-0.3, -0.25) is 0 Å². The maximum Gasteiger partial charge on any atom is 0.180 e. The lowest BCUT2D eigenvalue weighted by molar-refractivity contribution is 0.621. The standard InChI is InChI=1S/C13H10BrFN4/c1-16-11-5-4-10-13(18-11)19-12(17-10)7-2-3-8(14)9(15)6-7/h2-6H,1H3,(H2,16,17,18,19). The second-order valence-corrected chi connectivity index (χ2v) is 4.89. The van der Waals surface area contributed by atoms with E-state index in [1.54, 1.807) is 19.2 Å². The largest absolute Gasteiger partial charge is 0.373 e. The first-order valence-electron chi connectivity index (χ1n) is 5.67. The van der Waals surface area contributed by atoms with Crippen molar-refractivity contribution in [1.29, 1.82) is 0 Å². The van der Waals surface area contributed by atoms with Gasteiger partial charge in [0.25, 0.3) is 0 Å². The average Bonchev–Trinajstić information content (AvgIpc) is 2.84. The minimum atomic E-state index is -0.318. The lowest BCUT2D eigenvalue weighted by Gasteiger charge is -1.98. The molecule has 0 spiro atoms. The van der Waals surface area contributed by atoms with Gasteiger partial charge in [0.2, 0.25) is 0 Å². The molecular formula is C13H10BrFN4. The van der Waals surface area contributed by atoms with Crippen LogP contribution in [0.1, 0.15) is 0 Å². The second-order valence-electron chi connectivity index (χ2n) is 4.03. The summed E-state index contributed by atoms with van der Waals surface area (Å²) in [5, 5.41) is 2.95. The number of pyridine rings is 1. The monoisotopic (exact) mass is 320 g/mol. The van der Waals surface area contributed by atoms with E-state index in [1.165, 1.54) is 6.07 Å². The van der Waals surface area contributed by atoms with Crippen molar-refractivity contribution >= 4 is 32.9 Å². The molecule has 0 saturated heterocycles. The number of H-pyrrole nitrogens is 1. The summed E-state index contributed by atoms with van der Waals surface area (Å²) in [6.45, 7) is 0. The van der Waals surface area contributed by atoms with Gasteiger partial charge >= 0.3 is 0 Å². The molecule has 0 radical (unpaired) electrons. The normalized spacial score (nSPS) is 10.9. The van der Waals surface area contributed by atoms with Crippen LogP contribution in [-0.2, 0) is 0 Å². The highest BCUT2D eigenvalue weighted by Crippen LogP contribution is 2.24. The van der Waals surface area contributed by atoms with E-state index in [1.807, 2.05) is 12.1 Å². The Morgan fingerprint density at radius 2 is 2.05 bits per heavy atom. The van der Waals surface area contributed by atoms with Gasteiger partial charge in [-0.25, -0.2) is 14.4 Å². The van der Waals surface area contributed by atoms with Crippen LogP contribution in [0.15, 0.2) is 34.8 Å². The van der Waals surface area contributed by atoms with Crippen LogP contribution in [0, 0.1) is 5.82 Å². The third kappa shape index (κ3) is 2.19. The zero-order chi connectivity index (χ0) is 13.4. The Labute approximate surface area is 117 Å². The van der Waals surface area contributed by atoms with E-state index in [0.29, 0.717) is 21.5 Å². The predicted molar refractivity (Wildman–Crippen MR) is 76.5 cm³/mol. The van der Waals surface area contributed by atoms with E-state index in [4.69, 9.17) is 0 Å². The maximum absolute atomic E-state index is 13.5. The molecule has 6 heteroatoms. The number of anilines is 1. The van der Waals surface area contributed by atoms with Crippen LogP contribution >= 0.6 is 15.9 Å². The number of fused-ring (bicyclic) bond motifs is 1. The summed E-state index contributed by atoms with van der Waals surface area (Å²) in [7, 11) is 1.80. The van der Waals surface area contributed by atoms with Crippen molar-refractivity contribution in [3.8, 4) is 11.4 Å². The first-order chi connectivity index (χ1) is 9.17. The van der Waals surface area contributed by atoms with Crippen LogP contribution in [0.5, 0.6) is 0 Å². The number of aromatic nitrogens is 3. The maximum atomic E-state index is 13.5. The molecule has 19 heavy (non-hydrogen) atoms. The molecule has 2 aromatic heterocycles. The fraction of sp³-hybridized carbons (Fsp3) is 0.0769. The highest BCUT2D eigenvalue weighted by molar-refractivity contribution is 9.10. The molecule has 4 nitrogen and oxygen atoms in total. The number of nitrogens with one attached hydrogen (secondary N) is 2. The fourth-order valence-corrected chi connectivity index (χ4v) is 2.06. The molecule has 0 bridgehead atoms. The van der Waals surface area contributed by atoms with Crippen molar-refractivity contribution in [3.05, 3.63) is 40.6 Å². The summed E-state index contributed by atoms with van der Waals surface area (Å²) in [5.41, 5.74) is 2.10. The van der Waals surface area contributed by atoms with E-state index in [2.05, 4.69) is 36.2 Å². The number of imidazole rings is 1. The molecule has 0 unspecified atom stereocenters. The molecule has 0 amide bonds. The summed E-state index contributed by atoms with van der Waals surface area (Å²) in [4.78, 5) is 11.8. The molecule has 0 aliphatic carbocycles. The molecule has 1 aromatic carbocycles. The van der Waals surface area contributed by atoms with Crippen LogP contribution in [0.25, 0.3) is 22.6 Å². The van der Waals surface area contributed by atoms with Crippen LogP contribution in [-0.4, -0.2) is 22.0 Å². The van der Waals surface area contributed by atoms with Crippen molar-refractivity contribution in [2.24, 2.45) is 0 Å². The number of rotatable bonds is 2. The Kier molecular flexibility index (Phi) is 2.94. The Bertz CT molecular complexity index is 753. The van der Waals surface area contributed by atoms with E-state index in [0.717, 1.165) is 11.3 Å². The number of benzene rings is 1. The minimum absolute atomic E-state index is 0.318. The summed E-state index contributed by atoms with van der Waals surface area (Å²) in [6, 6.07) is 8.63. The zero-order valence-electron chi connectivity index (χ0n) is 10.0. The van der Waals surface area contributed by atoms with Gasteiger partial charge in [-0.2, -0.15) is 0 Å². The highest BCUT2D eigenvalue weighted by atomic mass is 79.9. The topological polar surface area (TPSA) is 53.6 Å². The highest BCUT2D eigenvalue weighted by Gasteiger charge is 2.09. The van der Waals surface area contributed by atoms with Crippen LogP contribution in [0.2, 0.25) is 0 Å². The molecule has 96 valence electrons. The number of hydrogen-bond acceptors (Lipinski definition) is 3. The van der Waals surface area contributed by atoms with Gasteiger partial charge in [0.15, 0.2) is 5.65 Å². The quantitative estimate of drug-likeness (QED) is 0.759. The predicted octanol–water partition coefficient (Wildman–Crippen LogP) is 3.57. The van der Waals surface area contributed by atoms with Crippen LogP contribution in [0.4, 0.5) is 10.2 Å². The number of halogens is 2. The van der Waals surface area contributed by atoms with Gasteiger partial charge in [0, 0.05) is 12.6 Å². The molecule has 0 fully saturated rings. The van der Waals surface area contributed by atoms with Crippen molar-refractivity contribution in [2.45, 2.75) is 0 Å². The number of hydrogen-bond donors (Lipinski definition) is 2. The van der Waals surface area contributed by atoms with Gasteiger partial charge in [0.05, 0.1) is 9.99 Å². The Balaban J connectivity index is 2.11. The molecule has 0 aliphatic rings. The SMILES string of the molecule is CNc1ccc2[nH]c(-c3ccc(Br)c(F)c3)nc2n1. The molecule has 0 aliphatic heterocycles. The van der Waals surface area contributed by atoms with Crippen LogP contribution in [0.3, 0.4) is 0 Å². The molecule has 2 N–H and O–H groups in total. The lowest BCUT2D eigenvalue weighted by Crippen LogP contribution is -1.91. The van der Waals surface area contributed by atoms with Gasteiger partial charge in [-0.1, -0.05) is 0 Å². The molecule has 0 saturated carbocycles. The smallest absolute Gasteiger partial charge is 0.180 e. The Morgan fingerprint density at radius 1 is 1.21 bits per heavy atom. The summed E-state index contributed by atoms with van der Waals surface area (Å²) < 4.78 is 14.0. The first-order valence-corrected chi connectivity index (χ1v) is 6.46. The Morgan fingerprint density at radius 3 is 2.79 bits per heavy atom. The van der Waals surface area contributed by atoms with E-state index in [9.17, 15) is 4.39 Å². The van der Waals surface area contributed by atoms with Gasteiger partial charge in [-0.05, 0) is 46.3 Å². The molecule has 0 atom stereocenters. The summed E-state index contributed by atoms with van der Waals surface area (Å²) in [5.74, 6) is 1.02. The fourth-order valence-electron chi connectivity index (χ4n) is 1.81. The molecule has 3 rings (SSSR count).